The van der Waals surface area contributed by atoms with Crippen LogP contribution in [-0.4, -0.2) is 16.1 Å². The maximum Gasteiger partial charge on any atom is 0.408 e. The number of cyclic esters (lactones) is 1. The zero-order valence-corrected chi connectivity index (χ0v) is 13.4. The van der Waals surface area contributed by atoms with Crippen molar-refractivity contribution in [1.29, 1.82) is 0 Å². The van der Waals surface area contributed by atoms with Crippen molar-refractivity contribution < 1.29 is 18.3 Å². The van der Waals surface area contributed by atoms with Crippen LogP contribution in [-0.2, 0) is 4.74 Å². The number of halogens is 2. The number of aromatic nitrogens is 2. The van der Waals surface area contributed by atoms with Crippen molar-refractivity contribution >= 4 is 6.09 Å². The van der Waals surface area contributed by atoms with E-state index in [1.807, 2.05) is 12.1 Å². The number of nitrogens with one attached hydrogen (secondary N) is 1. The number of carbonyl (C=O) groups excluding carboxylic acids is 1. The number of benzene rings is 1. The molecule has 3 heterocycles. The molecule has 7 heteroatoms. The van der Waals surface area contributed by atoms with Crippen LogP contribution in [0.15, 0.2) is 61.2 Å². The summed E-state index contributed by atoms with van der Waals surface area (Å²) in [6, 6.07) is 7.99. The molecule has 0 unspecified atom stereocenters. The van der Waals surface area contributed by atoms with E-state index in [9.17, 15) is 13.6 Å². The van der Waals surface area contributed by atoms with Crippen molar-refractivity contribution in [3.8, 4) is 11.1 Å². The lowest BCUT2D eigenvalue weighted by molar-refractivity contribution is 0.132. The molecule has 0 radical (unpaired) electrons. The summed E-state index contributed by atoms with van der Waals surface area (Å²) in [6.07, 6.45) is 5.11. The average Bonchev–Trinajstić information content (AvgIpc) is 3.04. The maximum absolute atomic E-state index is 13.6. The molecule has 3 aromatic rings. The highest BCUT2D eigenvalue weighted by atomic mass is 19.1. The Kier molecular flexibility index (Phi) is 4.04. The highest BCUT2D eigenvalue weighted by Crippen LogP contribution is 2.37. The number of amides is 1. The van der Waals surface area contributed by atoms with E-state index in [0.29, 0.717) is 5.56 Å². The average molecular weight is 353 g/mol. The second-order valence-corrected chi connectivity index (χ2v) is 5.90. The standard InChI is InChI=1S/C19H13F2N3O2/c20-15-5-12(6-16(21)7-15)18-17(24-19(25)26-18)14-4-13(9-23-10-14)11-2-1-3-22-8-11/h1-10,17-18H,(H,24,25)/t17-,18-/m1/s1. The van der Waals surface area contributed by atoms with Crippen molar-refractivity contribution in [2.75, 3.05) is 0 Å². The zero-order chi connectivity index (χ0) is 18.1. The van der Waals surface area contributed by atoms with Crippen LogP contribution in [0, 0.1) is 11.6 Å². The van der Waals surface area contributed by atoms with Gasteiger partial charge in [0.2, 0.25) is 0 Å². The van der Waals surface area contributed by atoms with Gasteiger partial charge < -0.3 is 10.1 Å². The largest absolute Gasteiger partial charge is 0.439 e. The number of hydrogen-bond donors (Lipinski definition) is 1. The first-order valence-corrected chi connectivity index (χ1v) is 7.88. The monoisotopic (exact) mass is 353 g/mol. The van der Waals surface area contributed by atoms with Gasteiger partial charge in [-0.1, -0.05) is 6.07 Å². The lowest BCUT2D eigenvalue weighted by Crippen LogP contribution is -2.20. The molecule has 4 rings (SSSR count). The first-order valence-electron chi connectivity index (χ1n) is 7.88. The lowest BCUT2D eigenvalue weighted by Gasteiger charge is -2.18. The van der Waals surface area contributed by atoms with E-state index in [2.05, 4.69) is 15.3 Å². The second kappa shape index (κ2) is 6.51. The second-order valence-electron chi connectivity index (χ2n) is 5.90. The van der Waals surface area contributed by atoms with Crippen LogP contribution in [0.25, 0.3) is 11.1 Å². The van der Waals surface area contributed by atoms with Crippen molar-refractivity contribution in [2.24, 2.45) is 0 Å². The van der Waals surface area contributed by atoms with Gasteiger partial charge in [-0.3, -0.25) is 9.97 Å². The van der Waals surface area contributed by atoms with Crippen molar-refractivity contribution in [2.45, 2.75) is 12.1 Å². The van der Waals surface area contributed by atoms with Crippen molar-refractivity contribution in [3.05, 3.63) is 83.9 Å². The SMILES string of the molecule is O=C1N[C@H](c2cncc(-c3cccnc3)c2)[C@@H](c2cc(F)cc(F)c2)O1. The Labute approximate surface area is 147 Å². The number of hydrogen-bond acceptors (Lipinski definition) is 4. The molecule has 5 nitrogen and oxygen atoms in total. The lowest BCUT2D eigenvalue weighted by atomic mass is 9.96. The fourth-order valence-corrected chi connectivity index (χ4v) is 3.00. The van der Waals surface area contributed by atoms with Crippen LogP contribution in [0.3, 0.4) is 0 Å². The number of pyridine rings is 2. The number of alkyl carbamates (subject to hydrolysis) is 1. The topological polar surface area (TPSA) is 64.1 Å². The molecule has 1 aliphatic rings. The summed E-state index contributed by atoms with van der Waals surface area (Å²) < 4.78 is 32.4. The molecule has 1 aromatic carbocycles. The van der Waals surface area contributed by atoms with E-state index >= 15 is 0 Å². The quantitative estimate of drug-likeness (QED) is 0.775. The number of nitrogens with zero attached hydrogens (tertiary/aromatic N) is 2. The predicted molar refractivity (Wildman–Crippen MR) is 88.9 cm³/mol. The third-order valence-electron chi connectivity index (χ3n) is 4.14. The van der Waals surface area contributed by atoms with E-state index in [1.54, 1.807) is 30.9 Å². The van der Waals surface area contributed by atoms with E-state index in [1.165, 1.54) is 0 Å². The van der Waals surface area contributed by atoms with Crippen LogP contribution in [0.5, 0.6) is 0 Å². The summed E-state index contributed by atoms with van der Waals surface area (Å²) in [5.41, 5.74) is 2.56. The van der Waals surface area contributed by atoms with E-state index in [0.717, 1.165) is 29.3 Å². The van der Waals surface area contributed by atoms with Crippen LogP contribution in [0.4, 0.5) is 13.6 Å². The molecular formula is C19H13F2N3O2. The van der Waals surface area contributed by atoms with Gasteiger partial charge in [-0.15, -0.1) is 0 Å². The molecule has 0 aliphatic carbocycles. The predicted octanol–water partition coefficient (Wildman–Crippen LogP) is 3.94. The molecule has 2 aromatic heterocycles. The van der Waals surface area contributed by atoms with Crippen molar-refractivity contribution in [3.63, 3.8) is 0 Å². The molecule has 1 amide bonds. The number of ether oxygens (including phenoxy) is 1. The normalized spacial score (nSPS) is 19.1. The highest BCUT2D eigenvalue weighted by Gasteiger charge is 2.37. The number of carbonyl (C=O) groups is 1. The molecule has 2 atom stereocenters. The van der Waals surface area contributed by atoms with Gasteiger partial charge in [-0.25, -0.2) is 13.6 Å². The maximum atomic E-state index is 13.6. The third-order valence-corrected chi connectivity index (χ3v) is 4.14. The minimum Gasteiger partial charge on any atom is -0.439 e. The first kappa shape index (κ1) is 16.1. The zero-order valence-electron chi connectivity index (χ0n) is 13.4. The summed E-state index contributed by atoms with van der Waals surface area (Å²) in [5, 5.41) is 2.67. The van der Waals surface area contributed by atoms with E-state index in [-0.39, 0.29) is 5.56 Å². The Balaban J connectivity index is 1.72. The van der Waals surface area contributed by atoms with Gasteiger partial charge in [-0.05, 0) is 29.8 Å². The van der Waals surface area contributed by atoms with Gasteiger partial charge in [0.25, 0.3) is 0 Å². The van der Waals surface area contributed by atoms with Crippen LogP contribution < -0.4 is 5.32 Å². The van der Waals surface area contributed by atoms with Gasteiger partial charge in [0, 0.05) is 47.5 Å². The molecule has 1 fully saturated rings. The minimum atomic E-state index is -0.862. The molecule has 1 saturated heterocycles. The molecule has 0 spiro atoms. The summed E-state index contributed by atoms with van der Waals surface area (Å²) >= 11 is 0. The summed E-state index contributed by atoms with van der Waals surface area (Å²) in [4.78, 5) is 20.1. The Morgan fingerprint density at radius 1 is 0.923 bits per heavy atom. The Bertz CT molecular complexity index is 946. The molecule has 0 saturated carbocycles. The van der Waals surface area contributed by atoms with Crippen LogP contribution in [0.2, 0.25) is 0 Å². The fraction of sp³-hybridized carbons (Fsp3) is 0.105. The Morgan fingerprint density at radius 2 is 1.69 bits per heavy atom. The molecule has 1 aliphatic heterocycles. The van der Waals surface area contributed by atoms with Gasteiger partial charge in [0.15, 0.2) is 6.10 Å². The van der Waals surface area contributed by atoms with Gasteiger partial charge in [0.05, 0.1) is 0 Å². The smallest absolute Gasteiger partial charge is 0.408 e. The third kappa shape index (κ3) is 3.11. The van der Waals surface area contributed by atoms with Gasteiger partial charge in [0.1, 0.15) is 17.7 Å². The van der Waals surface area contributed by atoms with E-state index < -0.39 is 29.9 Å². The summed E-state index contributed by atoms with van der Waals surface area (Å²) in [6.45, 7) is 0. The van der Waals surface area contributed by atoms with Crippen LogP contribution >= 0.6 is 0 Å². The summed E-state index contributed by atoms with van der Waals surface area (Å²) in [5.74, 6) is -1.46. The Morgan fingerprint density at radius 3 is 2.42 bits per heavy atom. The molecule has 26 heavy (non-hydrogen) atoms. The molecular weight excluding hydrogens is 340 g/mol. The Hall–Kier alpha value is -3.35. The number of rotatable bonds is 3. The molecule has 0 bridgehead atoms. The van der Waals surface area contributed by atoms with Gasteiger partial charge in [-0.2, -0.15) is 0 Å². The van der Waals surface area contributed by atoms with E-state index in [4.69, 9.17) is 4.74 Å². The van der Waals surface area contributed by atoms with Gasteiger partial charge >= 0.3 is 6.09 Å². The highest BCUT2D eigenvalue weighted by molar-refractivity contribution is 5.71. The molecule has 1 N–H and O–H groups in total. The first-order chi connectivity index (χ1) is 12.6. The minimum absolute atomic E-state index is 0.234. The van der Waals surface area contributed by atoms with Crippen molar-refractivity contribution in [1.82, 2.24) is 15.3 Å². The van der Waals surface area contributed by atoms with Crippen LogP contribution in [0.1, 0.15) is 23.3 Å². The summed E-state index contributed by atoms with van der Waals surface area (Å²) in [7, 11) is 0. The molecule has 130 valence electrons. The fourth-order valence-electron chi connectivity index (χ4n) is 3.00.